The highest BCUT2D eigenvalue weighted by Gasteiger charge is 2.30. The van der Waals surface area contributed by atoms with Crippen molar-refractivity contribution >= 4 is 39.5 Å². The molecule has 0 amide bonds. The second-order valence-corrected chi connectivity index (χ2v) is 32.1. The number of hydrogen-bond donors (Lipinski definition) is 3. The molecule has 0 radical (unpaired) electrons. The summed E-state index contributed by atoms with van der Waals surface area (Å²) in [6.45, 7) is 11.9. The van der Waals surface area contributed by atoms with Crippen molar-refractivity contribution in [2.45, 2.75) is 414 Å². The normalized spacial score (nSPS) is 14.1. The van der Waals surface area contributed by atoms with Crippen LogP contribution in [0.15, 0.2) is 0 Å². The van der Waals surface area contributed by atoms with E-state index < -0.39 is 97.5 Å². The van der Waals surface area contributed by atoms with Gasteiger partial charge in [-0.1, -0.05) is 344 Å². The highest BCUT2D eigenvalue weighted by atomic mass is 31.2. The van der Waals surface area contributed by atoms with Crippen molar-refractivity contribution in [1.82, 2.24) is 0 Å². The predicted octanol–water partition coefficient (Wildman–Crippen LogP) is 22.6. The van der Waals surface area contributed by atoms with Crippen LogP contribution in [0.3, 0.4) is 0 Å². The highest BCUT2D eigenvalue weighted by molar-refractivity contribution is 7.47. The first-order valence-corrected chi connectivity index (χ1v) is 42.8. The van der Waals surface area contributed by atoms with E-state index in [1.807, 2.05) is 0 Å². The van der Waals surface area contributed by atoms with Crippen molar-refractivity contribution in [3.63, 3.8) is 0 Å². The van der Waals surface area contributed by atoms with Crippen LogP contribution in [0.25, 0.3) is 0 Å². The van der Waals surface area contributed by atoms with E-state index in [2.05, 4.69) is 48.5 Å². The lowest BCUT2D eigenvalue weighted by molar-refractivity contribution is -0.161. The van der Waals surface area contributed by atoms with Gasteiger partial charge in [-0.3, -0.25) is 37.3 Å². The van der Waals surface area contributed by atoms with E-state index in [1.54, 1.807) is 0 Å². The molecule has 0 saturated heterocycles. The fraction of sp³-hybridized carbons (Fsp3) is 0.948. The van der Waals surface area contributed by atoms with Gasteiger partial charge >= 0.3 is 39.5 Å². The average molecular weight is 1410 g/mol. The molecule has 17 nitrogen and oxygen atoms in total. The van der Waals surface area contributed by atoms with Crippen LogP contribution < -0.4 is 0 Å². The molecule has 0 aliphatic heterocycles. The largest absolute Gasteiger partial charge is 0.472 e. The third-order valence-corrected chi connectivity index (χ3v) is 19.8. The van der Waals surface area contributed by atoms with Gasteiger partial charge < -0.3 is 33.8 Å². The summed E-state index contributed by atoms with van der Waals surface area (Å²) in [5.41, 5.74) is 0. The Labute approximate surface area is 588 Å². The summed E-state index contributed by atoms with van der Waals surface area (Å²) >= 11 is 0. The molecule has 0 aliphatic carbocycles. The van der Waals surface area contributed by atoms with Gasteiger partial charge in [-0.2, -0.15) is 0 Å². The molecule has 570 valence electrons. The number of aliphatic hydroxyl groups excluding tert-OH is 1. The van der Waals surface area contributed by atoms with Crippen molar-refractivity contribution in [2.24, 2.45) is 17.8 Å². The van der Waals surface area contributed by atoms with Crippen LogP contribution in [0.5, 0.6) is 0 Å². The minimum atomic E-state index is -4.96. The van der Waals surface area contributed by atoms with Gasteiger partial charge in [0.15, 0.2) is 12.2 Å². The van der Waals surface area contributed by atoms with Gasteiger partial charge in [0.25, 0.3) is 0 Å². The number of ether oxygens (including phenoxy) is 4. The van der Waals surface area contributed by atoms with Crippen LogP contribution in [-0.4, -0.2) is 96.7 Å². The molecule has 0 spiro atoms. The van der Waals surface area contributed by atoms with Crippen molar-refractivity contribution in [3.8, 4) is 0 Å². The van der Waals surface area contributed by atoms with E-state index in [4.69, 9.17) is 37.0 Å². The Morgan fingerprint density at radius 3 is 0.708 bits per heavy atom. The topological polar surface area (TPSA) is 237 Å². The van der Waals surface area contributed by atoms with Crippen LogP contribution >= 0.6 is 15.6 Å². The Morgan fingerprint density at radius 1 is 0.281 bits per heavy atom. The maximum Gasteiger partial charge on any atom is 0.472 e. The molecule has 0 aliphatic rings. The second kappa shape index (κ2) is 67.5. The van der Waals surface area contributed by atoms with Gasteiger partial charge in [0, 0.05) is 25.7 Å². The van der Waals surface area contributed by atoms with Gasteiger partial charge in [0.05, 0.1) is 26.4 Å². The molecule has 3 N–H and O–H groups in total. The Bertz CT molecular complexity index is 1870. The summed E-state index contributed by atoms with van der Waals surface area (Å²) < 4.78 is 68.3. The molecule has 2 unspecified atom stereocenters. The third kappa shape index (κ3) is 70.5. The van der Waals surface area contributed by atoms with E-state index >= 15 is 0 Å². The Kier molecular flexibility index (Phi) is 66.2. The van der Waals surface area contributed by atoms with E-state index in [9.17, 15) is 43.2 Å². The predicted molar refractivity (Wildman–Crippen MR) is 391 cm³/mol. The summed E-state index contributed by atoms with van der Waals surface area (Å²) in [5.74, 6) is 0.235. The molecule has 0 fully saturated rings. The smallest absolute Gasteiger partial charge is 0.462 e. The number of carbonyl (C=O) groups excluding carboxylic acids is 4. The van der Waals surface area contributed by atoms with Crippen LogP contribution in [0.1, 0.15) is 395 Å². The van der Waals surface area contributed by atoms with E-state index in [-0.39, 0.29) is 25.7 Å². The lowest BCUT2D eigenvalue weighted by Gasteiger charge is -2.21. The van der Waals surface area contributed by atoms with Crippen molar-refractivity contribution < 1.29 is 80.2 Å². The van der Waals surface area contributed by atoms with Crippen molar-refractivity contribution in [1.29, 1.82) is 0 Å². The molecular formula is C77H150O17P2. The zero-order chi connectivity index (χ0) is 70.9. The SMILES string of the molecule is CCCCCCCC(=O)OC[C@H](COP(=O)(O)OC[C@H](O)COP(=O)(O)OC[C@@H](COC(=O)CCCCCCCCCCCCCCCCCC(C)C)OC(=O)CCCCCCCCCCCCCCCCCCCCC(C)C)OC(=O)CCCCCCCCCCCC(C)C. The first-order valence-electron chi connectivity index (χ1n) is 39.8. The fourth-order valence-electron chi connectivity index (χ4n) is 11.8. The van der Waals surface area contributed by atoms with Gasteiger partial charge in [-0.25, -0.2) is 9.13 Å². The first-order chi connectivity index (χ1) is 46.2. The molecule has 0 aromatic heterocycles. The lowest BCUT2D eigenvalue weighted by Crippen LogP contribution is -2.30. The molecule has 0 rings (SSSR count). The van der Waals surface area contributed by atoms with E-state index in [0.29, 0.717) is 25.7 Å². The van der Waals surface area contributed by atoms with E-state index in [1.165, 1.54) is 199 Å². The van der Waals surface area contributed by atoms with Gasteiger partial charge in [0.1, 0.15) is 19.3 Å². The number of phosphoric ester groups is 2. The van der Waals surface area contributed by atoms with Crippen molar-refractivity contribution in [3.05, 3.63) is 0 Å². The number of aliphatic hydroxyl groups is 1. The standard InChI is InChI=1S/C77H150O17P2/c1-8-9-10-41-51-58-74(79)87-64-72(93-77(82)61-54-47-40-34-28-31-37-44-50-57-70(6)7)66-91-95(83,84)89-62-71(78)63-90-96(85,86)92-67-73(65-88-75(80)59-52-45-38-32-26-22-19-15-17-21-25-30-36-43-49-56-69(4)5)94-76(81)60-53-46-39-33-27-23-18-14-12-11-13-16-20-24-29-35-42-48-55-68(2)3/h68-73,78H,8-67H2,1-7H3,(H,83,84)(H,85,86)/t71-,72+,73+/m0/s1. The number of rotatable bonds is 75. The zero-order valence-electron chi connectivity index (χ0n) is 62.8. The fourth-order valence-corrected chi connectivity index (χ4v) is 13.4. The molecule has 5 atom stereocenters. The number of unbranched alkanes of at least 4 members (excludes halogenated alkanes) is 43. The number of carbonyl (C=O) groups is 4. The number of phosphoric acid groups is 2. The zero-order valence-corrected chi connectivity index (χ0v) is 64.6. The molecule has 96 heavy (non-hydrogen) atoms. The lowest BCUT2D eigenvalue weighted by atomic mass is 10.0. The molecule has 0 heterocycles. The monoisotopic (exact) mass is 1410 g/mol. The van der Waals surface area contributed by atoms with Crippen LogP contribution in [0.2, 0.25) is 0 Å². The van der Waals surface area contributed by atoms with Crippen molar-refractivity contribution in [2.75, 3.05) is 39.6 Å². The molecule has 19 heteroatoms. The number of hydrogen-bond acceptors (Lipinski definition) is 15. The summed E-state index contributed by atoms with van der Waals surface area (Å²) in [6, 6.07) is 0. The van der Waals surface area contributed by atoms with Gasteiger partial charge in [-0.15, -0.1) is 0 Å². The van der Waals surface area contributed by atoms with Gasteiger partial charge in [-0.05, 0) is 43.4 Å². The summed E-state index contributed by atoms with van der Waals surface area (Å²) in [4.78, 5) is 72.5. The first kappa shape index (κ1) is 94.1. The summed E-state index contributed by atoms with van der Waals surface area (Å²) in [7, 11) is -9.90. The Morgan fingerprint density at radius 2 is 0.479 bits per heavy atom. The maximum atomic E-state index is 13.1. The van der Waals surface area contributed by atoms with Crippen LogP contribution in [0.4, 0.5) is 0 Å². The number of esters is 4. The minimum Gasteiger partial charge on any atom is -0.462 e. The summed E-state index contributed by atoms with van der Waals surface area (Å²) in [6.07, 6.45) is 54.7. The average Bonchev–Trinajstić information content (AvgIpc) is 1.36. The molecular weight excluding hydrogens is 1260 g/mol. The van der Waals surface area contributed by atoms with E-state index in [0.717, 1.165) is 114 Å². The highest BCUT2D eigenvalue weighted by Crippen LogP contribution is 2.45. The molecule has 0 aromatic rings. The summed E-state index contributed by atoms with van der Waals surface area (Å²) in [5, 5.41) is 10.6. The third-order valence-electron chi connectivity index (χ3n) is 17.9. The maximum absolute atomic E-state index is 13.1. The molecule has 0 saturated carbocycles. The Balaban J connectivity index is 5.12. The van der Waals surface area contributed by atoms with Gasteiger partial charge in [0.2, 0.25) is 0 Å². The quantitative estimate of drug-likeness (QED) is 0.0222. The van der Waals surface area contributed by atoms with Crippen LogP contribution in [0, 0.1) is 17.8 Å². The van der Waals surface area contributed by atoms with Crippen LogP contribution in [-0.2, 0) is 65.4 Å². The minimum absolute atomic E-state index is 0.104. The Hall–Kier alpha value is -1.94. The second-order valence-electron chi connectivity index (χ2n) is 29.2. The molecule has 0 bridgehead atoms. The molecule has 0 aromatic carbocycles.